The highest BCUT2D eigenvalue weighted by Crippen LogP contribution is 2.12. The van der Waals surface area contributed by atoms with Gasteiger partial charge in [-0.2, -0.15) is 0 Å². The van der Waals surface area contributed by atoms with Gasteiger partial charge in [0.2, 0.25) is 5.90 Å². The number of nitrogens with two attached hydrogens (primary N) is 1. The van der Waals surface area contributed by atoms with Crippen molar-refractivity contribution < 1.29 is 4.74 Å². The van der Waals surface area contributed by atoms with E-state index in [2.05, 4.69) is 16.6 Å². The summed E-state index contributed by atoms with van der Waals surface area (Å²) >= 11 is 0. The largest absolute Gasteiger partial charge is 0.471 e. The van der Waals surface area contributed by atoms with E-state index in [1.807, 2.05) is 30.3 Å². The number of ether oxygens (including phenoxy) is 1. The molecular formula is C14H15N3O. The van der Waals surface area contributed by atoms with Gasteiger partial charge in [0.05, 0.1) is 5.69 Å². The summed E-state index contributed by atoms with van der Waals surface area (Å²) in [7, 11) is 0. The van der Waals surface area contributed by atoms with Gasteiger partial charge in [-0.1, -0.05) is 36.9 Å². The molecule has 0 saturated carbocycles. The van der Waals surface area contributed by atoms with Crippen LogP contribution in [-0.2, 0) is 11.3 Å². The first-order chi connectivity index (χ1) is 8.81. The highest BCUT2D eigenvalue weighted by atomic mass is 16.5. The number of aromatic amines is 1. The van der Waals surface area contributed by atoms with Crippen LogP contribution in [0.15, 0.2) is 60.4 Å². The second-order valence-corrected chi connectivity index (χ2v) is 3.70. The van der Waals surface area contributed by atoms with Crippen LogP contribution in [0.25, 0.3) is 0 Å². The van der Waals surface area contributed by atoms with Crippen LogP contribution in [0.1, 0.15) is 11.3 Å². The van der Waals surface area contributed by atoms with Crippen LogP contribution in [-0.4, -0.2) is 10.9 Å². The number of hydrogen-bond acceptors (Lipinski definition) is 3. The molecule has 0 aliphatic carbocycles. The Balaban J connectivity index is 2.12. The molecule has 0 aliphatic rings. The van der Waals surface area contributed by atoms with Crippen LogP contribution >= 0.6 is 0 Å². The lowest BCUT2D eigenvalue weighted by Crippen LogP contribution is -2.09. The van der Waals surface area contributed by atoms with E-state index >= 15 is 0 Å². The van der Waals surface area contributed by atoms with Crippen LogP contribution in [0.5, 0.6) is 0 Å². The smallest absolute Gasteiger partial charge is 0.240 e. The van der Waals surface area contributed by atoms with Gasteiger partial charge in [0.15, 0.2) is 0 Å². The molecule has 4 heteroatoms. The Morgan fingerprint density at radius 2 is 2.11 bits per heavy atom. The molecule has 18 heavy (non-hydrogen) atoms. The van der Waals surface area contributed by atoms with Crippen LogP contribution < -0.4 is 5.73 Å². The van der Waals surface area contributed by atoms with Gasteiger partial charge in [-0.25, -0.2) is 4.99 Å². The molecule has 2 rings (SSSR count). The Hall–Kier alpha value is -2.49. The highest BCUT2D eigenvalue weighted by Gasteiger charge is 2.09. The topological polar surface area (TPSA) is 63.4 Å². The zero-order valence-electron chi connectivity index (χ0n) is 9.97. The van der Waals surface area contributed by atoms with Crippen molar-refractivity contribution in [2.75, 3.05) is 5.73 Å². The molecule has 1 aromatic carbocycles. The first-order valence-corrected chi connectivity index (χ1v) is 5.60. The average molecular weight is 241 g/mol. The Morgan fingerprint density at radius 1 is 1.33 bits per heavy atom. The lowest BCUT2D eigenvalue weighted by Gasteiger charge is -2.08. The summed E-state index contributed by atoms with van der Waals surface area (Å²) in [6, 6.07) is 11.6. The van der Waals surface area contributed by atoms with Crippen molar-refractivity contribution in [2.24, 2.45) is 4.99 Å². The number of H-pyrrole nitrogens is 1. The summed E-state index contributed by atoms with van der Waals surface area (Å²) < 4.78 is 5.66. The maximum Gasteiger partial charge on any atom is 0.240 e. The number of aliphatic imine (C=N–C) groups is 1. The van der Waals surface area contributed by atoms with Gasteiger partial charge in [-0.15, -0.1) is 0 Å². The molecule has 0 aliphatic heterocycles. The molecule has 92 valence electrons. The lowest BCUT2D eigenvalue weighted by atomic mass is 10.2. The first-order valence-electron chi connectivity index (χ1n) is 5.60. The van der Waals surface area contributed by atoms with E-state index in [-0.39, 0.29) is 0 Å². The molecule has 0 fully saturated rings. The van der Waals surface area contributed by atoms with Crippen molar-refractivity contribution in [3.05, 3.63) is 66.6 Å². The summed E-state index contributed by atoms with van der Waals surface area (Å²) in [6.45, 7) is 4.01. The monoisotopic (exact) mass is 241 g/mol. The summed E-state index contributed by atoms with van der Waals surface area (Å²) in [5, 5.41) is 0. The van der Waals surface area contributed by atoms with Crippen LogP contribution in [0.2, 0.25) is 0 Å². The third-order valence-electron chi connectivity index (χ3n) is 2.42. The Morgan fingerprint density at radius 3 is 2.72 bits per heavy atom. The number of rotatable bonds is 4. The quantitative estimate of drug-likeness (QED) is 0.638. The first kappa shape index (κ1) is 12.0. The second-order valence-electron chi connectivity index (χ2n) is 3.70. The molecular weight excluding hydrogens is 226 g/mol. The number of anilines is 1. The van der Waals surface area contributed by atoms with E-state index < -0.39 is 0 Å². The minimum absolute atomic E-state index is 0.436. The number of nitrogen functional groups attached to an aromatic ring is 1. The van der Waals surface area contributed by atoms with Gasteiger partial charge in [-0.05, 0) is 11.6 Å². The summed E-state index contributed by atoms with van der Waals surface area (Å²) in [5.41, 5.74) is 8.16. The van der Waals surface area contributed by atoms with Gasteiger partial charge in [0, 0.05) is 12.4 Å². The average Bonchev–Trinajstić information content (AvgIpc) is 2.82. The van der Waals surface area contributed by atoms with Crippen LogP contribution in [0.4, 0.5) is 5.69 Å². The molecule has 0 amide bonds. The molecule has 4 nitrogen and oxygen atoms in total. The van der Waals surface area contributed by atoms with E-state index in [1.165, 1.54) is 6.20 Å². The van der Waals surface area contributed by atoms with Crippen molar-refractivity contribution >= 4 is 11.6 Å². The zero-order valence-corrected chi connectivity index (χ0v) is 9.97. The van der Waals surface area contributed by atoms with E-state index in [4.69, 9.17) is 10.5 Å². The van der Waals surface area contributed by atoms with Gasteiger partial charge in [-0.3, -0.25) is 0 Å². The maximum atomic E-state index is 5.81. The van der Waals surface area contributed by atoms with Gasteiger partial charge in [0.1, 0.15) is 12.3 Å². The van der Waals surface area contributed by atoms with Crippen molar-refractivity contribution in [3.63, 3.8) is 0 Å². The molecule has 2 aromatic rings. The minimum atomic E-state index is 0.436. The molecule has 0 radical (unpaired) electrons. The number of aromatic nitrogens is 1. The standard InChI is InChI=1S/C14H15N3O/c1-2-16-14(13-12(15)8-9-17-13)18-10-11-6-4-3-5-7-11/h2-9,17H,1,10,15H2/b16-14+. The Bertz CT molecular complexity index is 543. The number of benzene rings is 1. The molecule has 0 atom stereocenters. The number of nitrogens with one attached hydrogen (secondary N) is 1. The zero-order chi connectivity index (χ0) is 12.8. The summed E-state index contributed by atoms with van der Waals surface area (Å²) in [5.74, 6) is 0.441. The molecule has 3 N–H and O–H groups in total. The molecule has 0 unspecified atom stereocenters. The third-order valence-corrected chi connectivity index (χ3v) is 2.42. The molecule has 0 spiro atoms. The Kier molecular flexibility index (Phi) is 3.81. The van der Waals surface area contributed by atoms with E-state index in [0.29, 0.717) is 23.9 Å². The normalized spacial score (nSPS) is 11.2. The lowest BCUT2D eigenvalue weighted by molar-refractivity contribution is 0.293. The van der Waals surface area contributed by atoms with Crippen molar-refractivity contribution in [1.82, 2.24) is 4.98 Å². The highest BCUT2D eigenvalue weighted by molar-refractivity contribution is 5.97. The van der Waals surface area contributed by atoms with Crippen molar-refractivity contribution in [3.8, 4) is 0 Å². The number of hydrogen-bond donors (Lipinski definition) is 2. The van der Waals surface area contributed by atoms with Gasteiger partial charge in [0.25, 0.3) is 0 Å². The van der Waals surface area contributed by atoms with Crippen molar-refractivity contribution in [1.29, 1.82) is 0 Å². The number of nitrogens with zero attached hydrogens (tertiary/aromatic N) is 1. The van der Waals surface area contributed by atoms with Crippen LogP contribution in [0, 0.1) is 0 Å². The van der Waals surface area contributed by atoms with E-state index in [9.17, 15) is 0 Å². The molecule has 0 bridgehead atoms. The minimum Gasteiger partial charge on any atom is -0.471 e. The van der Waals surface area contributed by atoms with Gasteiger partial charge >= 0.3 is 0 Å². The predicted octanol–water partition coefficient (Wildman–Crippen LogP) is 2.70. The maximum absolute atomic E-state index is 5.81. The SMILES string of the molecule is C=C/N=C(/OCc1ccccc1)c1[nH]ccc1N. The fourth-order valence-electron chi connectivity index (χ4n) is 1.55. The second kappa shape index (κ2) is 5.72. The molecule has 1 heterocycles. The van der Waals surface area contributed by atoms with Crippen LogP contribution in [0.3, 0.4) is 0 Å². The Labute approximate surface area is 106 Å². The third kappa shape index (κ3) is 2.79. The molecule has 0 saturated heterocycles. The summed E-state index contributed by atoms with van der Waals surface area (Å²) in [4.78, 5) is 7.09. The van der Waals surface area contributed by atoms with Crippen molar-refractivity contribution in [2.45, 2.75) is 6.61 Å². The van der Waals surface area contributed by atoms with E-state index in [0.717, 1.165) is 5.56 Å². The van der Waals surface area contributed by atoms with E-state index in [1.54, 1.807) is 12.3 Å². The molecule has 1 aromatic heterocycles. The summed E-state index contributed by atoms with van der Waals surface area (Å²) in [6.07, 6.45) is 3.18. The fraction of sp³-hybridized carbons (Fsp3) is 0.0714. The predicted molar refractivity (Wildman–Crippen MR) is 73.2 cm³/mol. The fourth-order valence-corrected chi connectivity index (χ4v) is 1.55. The van der Waals surface area contributed by atoms with Gasteiger partial charge < -0.3 is 15.5 Å².